The lowest BCUT2D eigenvalue weighted by Crippen LogP contribution is -2.37. The van der Waals surface area contributed by atoms with Crippen molar-refractivity contribution < 1.29 is 9.59 Å². The molecule has 1 heterocycles. The fraction of sp³-hybridized carbons (Fsp3) is 0.417. The Morgan fingerprint density at radius 2 is 2.25 bits per heavy atom. The zero-order valence-corrected chi connectivity index (χ0v) is 9.51. The van der Waals surface area contributed by atoms with Crippen LogP contribution < -0.4 is 5.32 Å². The Morgan fingerprint density at radius 1 is 1.50 bits per heavy atom. The molecule has 4 heteroatoms. The van der Waals surface area contributed by atoms with E-state index < -0.39 is 6.04 Å². The SMILES string of the molecule is CC(C)C[C@@H](C=O)NC(=O)c1ccccn1. The number of aldehydes is 1. The van der Waals surface area contributed by atoms with Crippen LogP contribution in [0.3, 0.4) is 0 Å². The highest BCUT2D eigenvalue weighted by atomic mass is 16.2. The molecule has 0 bridgehead atoms. The van der Waals surface area contributed by atoms with E-state index in [-0.39, 0.29) is 5.91 Å². The Kier molecular flexibility index (Phi) is 4.64. The molecule has 0 spiro atoms. The molecule has 0 saturated heterocycles. The van der Waals surface area contributed by atoms with Crippen molar-refractivity contribution in [2.75, 3.05) is 0 Å². The van der Waals surface area contributed by atoms with Gasteiger partial charge in [0.1, 0.15) is 12.0 Å². The molecule has 0 aliphatic heterocycles. The number of carbonyl (C=O) groups excluding carboxylic acids is 2. The van der Waals surface area contributed by atoms with Crippen LogP contribution in [0.25, 0.3) is 0 Å². The minimum Gasteiger partial charge on any atom is -0.341 e. The Bertz CT molecular complexity index is 349. The molecule has 0 saturated carbocycles. The Hall–Kier alpha value is -1.71. The molecule has 1 aromatic heterocycles. The highest BCUT2D eigenvalue weighted by molar-refractivity contribution is 5.93. The van der Waals surface area contributed by atoms with Gasteiger partial charge in [-0.3, -0.25) is 9.78 Å². The van der Waals surface area contributed by atoms with Crippen LogP contribution >= 0.6 is 0 Å². The lowest BCUT2D eigenvalue weighted by Gasteiger charge is -2.14. The van der Waals surface area contributed by atoms with E-state index in [4.69, 9.17) is 0 Å². The van der Waals surface area contributed by atoms with Gasteiger partial charge in [0.15, 0.2) is 0 Å². The van der Waals surface area contributed by atoms with Gasteiger partial charge in [0.2, 0.25) is 0 Å². The summed E-state index contributed by atoms with van der Waals surface area (Å²) in [6.45, 7) is 4.01. The van der Waals surface area contributed by atoms with Crippen molar-refractivity contribution in [3.63, 3.8) is 0 Å². The number of amides is 1. The number of hydrogen-bond acceptors (Lipinski definition) is 3. The van der Waals surface area contributed by atoms with Crippen LogP contribution in [0, 0.1) is 5.92 Å². The van der Waals surface area contributed by atoms with E-state index in [2.05, 4.69) is 10.3 Å². The molecule has 1 aromatic rings. The van der Waals surface area contributed by atoms with Gasteiger partial charge in [0, 0.05) is 6.20 Å². The van der Waals surface area contributed by atoms with Crippen LogP contribution in [0.2, 0.25) is 0 Å². The molecule has 1 rings (SSSR count). The monoisotopic (exact) mass is 220 g/mol. The van der Waals surface area contributed by atoms with Gasteiger partial charge in [0.25, 0.3) is 5.91 Å². The molecule has 1 amide bonds. The van der Waals surface area contributed by atoms with Gasteiger partial charge >= 0.3 is 0 Å². The molecule has 1 atom stereocenters. The molecular weight excluding hydrogens is 204 g/mol. The molecule has 0 aliphatic rings. The summed E-state index contributed by atoms with van der Waals surface area (Å²) in [6, 6.07) is 4.66. The lowest BCUT2D eigenvalue weighted by atomic mass is 10.0. The number of nitrogens with zero attached hydrogens (tertiary/aromatic N) is 1. The van der Waals surface area contributed by atoms with E-state index in [0.717, 1.165) is 6.29 Å². The van der Waals surface area contributed by atoms with E-state index in [1.165, 1.54) is 0 Å². The van der Waals surface area contributed by atoms with Crippen molar-refractivity contribution in [2.24, 2.45) is 5.92 Å². The third-order valence-corrected chi connectivity index (χ3v) is 2.10. The average Bonchev–Trinajstić information content (AvgIpc) is 2.28. The first-order chi connectivity index (χ1) is 7.63. The Morgan fingerprint density at radius 3 is 2.75 bits per heavy atom. The number of pyridine rings is 1. The van der Waals surface area contributed by atoms with E-state index in [0.29, 0.717) is 18.0 Å². The summed E-state index contributed by atoms with van der Waals surface area (Å²) in [4.78, 5) is 26.4. The zero-order valence-electron chi connectivity index (χ0n) is 9.51. The van der Waals surface area contributed by atoms with Gasteiger partial charge in [-0.15, -0.1) is 0 Å². The first-order valence-corrected chi connectivity index (χ1v) is 5.30. The van der Waals surface area contributed by atoms with Gasteiger partial charge < -0.3 is 10.1 Å². The fourth-order valence-corrected chi connectivity index (χ4v) is 1.40. The summed E-state index contributed by atoms with van der Waals surface area (Å²) in [5.41, 5.74) is 0.332. The quantitative estimate of drug-likeness (QED) is 0.763. The topological polar surface area (TPSA) is 59.1 Å². The third kappa shape index (κ3) is 3.81. The maximum absolute atomic E-state index is 11.7. The standard InChI is InChI=1S/C12H16N2O2/c1-9(2)7-10(8-15)14-12(16)11-5-3-4-6-13-11/h3-6,8-10H,7H2,1-2H3,(H,14,16)/t10-/m0/s1. The minimum atomic E-state index is -0.436. The maximum atomic E-state index is 11.7. The van der Waals surface area contributed by atoms with Crippen LogP contribution in [0.15, 0.2) is 24.4 Å². The molecule has 0 aliphatic carbocycles. The molecule has 0 radical (unpaired) electrons. The molecule has 0 aromatic carbocycles. The fourth-order valence-electron chi connectivity index (χ4n) is 1.40. The van der Waals surface area contributed by atoms with E-state index in [1.807, 2.05) is 13.8 Å². The van der Waals surface area contributed by atoms with Gasteiger partial charge in [0.05, 0.1) is 6.04 Å². The summed E-state index contributed by atoms with van der Waals surface area (Å²) < 4.78 is 0. The van der Waals surface area contributed by atoms with Crippen LogP contribution in [-0.4, -0.2) is 23.2 Å². The van der Waals surface area contributed by atoms with Crippen molar-refractivity contribution in [2.45, 2.75) is 26.3 Å². The molecule has 1 N–H and O–H groups in total. The second-order valence-electron chi connectivity index (χ2n) is 4.06. The summed E-state index contributed by atoms with van der Waals surface area (Å²) >= 11 is 0. The van der Waals surface area contributed by atoms with Crippen molar-refractivity contribution >= 4 is 12.2 Å². The van der Waals surface area contributed by atoms with Gasteiger partial charge in [-0.2, -0.15) is 0 Å². The van der Waals surface area contributed by atoms with Crippen LogP contribution in [-0.2, 0) is 4.79 Å². The summed E-state index contributed by atoms with van der Waals surface area (Å²) in [6.07, 6.45) is 2.95. The Labute approximate surface area is 95.1 Å². The summed E-state index contributed by atoms with van der Waals surface area (Å²) in [5.74, 6) is 0.0533. The highest BCUT2D eigenvalue weighted by Gasteiger charge is 2.14. The molecular formula is C12H16N2O2. The van der Waals surface area contributed by atoms with Crippen LogP contribution in [0.1, 0.15) is 30.8 Å². The van der Waals surface area contributed by atoms with Crippen LogP contribution in [0.4, 0.5) is 0 Å². The van der Waals surface area contributed by atoms with Gasteiger partial charge in [-0.25, -0.2) is 0 Å². The van der Waals surface area contributed by atoms with E-state index in [1.54, 1.807) is 24.4 Å². The first-order valence-electron chi connectivity index (χ1n) is 5.30. The third-order valence-electron chi connectivity index (χ3n) is 2.10. The predicted molar refractivity (Wildman–Crippen MR) is 61.0 cm³/mol. The predicted octanol–water partition coefficient (Wildman–Crippen LogP) is 1.43. The van der Waals surface area contributed by atoms with Gasteiger partial charge in [-0.1, -0.05) is 19.9 Å². The Balaban J connectivity index is 2.59. The number of aromatic nitrogens is 1. The molecule has 86 valence electrons. The number of rotatable bonds is 5. The van der Waals surface area contributed by atoms with Crippen molar-refractivity contribution in [3.8, 4) is 0 Å². The normalized spacial score (nSPS) is 12.2. The summed E-state index contributed by atoms with van der Waals surface area (Å²) in [7, 11) is 0. The van der Waals surface area contributed by atoms with Gasteiger partial charge in [-0.05, 0) is 24.5 Å². The largest absolute Gasteiger partial charge is 0.341 e. The summed E-state index contributed by atoms with van der Waals surface area (Å²) in [5, 5.41) is 2.64. The van der Waals surface area contributed by atoms with E-state index >= 15 is 0 Å². The van der Waals surface area contributed by atoms with E-state index in [9.17, 15) is 9.59 Å². The second kappa shape index (κ2) is 6.00. The number of hydrogen-bond donors (Lipinski definition) is 1. The zero-order chi connectivity index (χ0) is 12.0. The smallest absolute Gasteiger partial charge is 0.270 e. The lowest BCUT2D eigenvalue weighted by molar-refractivity contribution is -0.109. The molecule has 4 nitrogen and oxygen atoms in total. The number of carbonyl (C=O) groups is 2. The maximum Gasteiger partial charge on any atom is 0.270 e. The average molecular weight is 220 g/mol. The van der Waals surface area contributed by atoms with Crippen molar-refractivity contribution in [3.05, 3.63) is 30.1 Å². The molecule has 0 fully saturated rings. The molecule has 0 unspecified atom stereocenters. The second-order valence-corrected chi connectivity index (χ2v) is 4.06. The van der Waals surface area contributed by atoms with Crippen molar-refractivity contribution in [1.29, 1.82) is 0 Å². The first kappa shape index (κ1) is 12.4. The number of nitrogens with one attached hydrogen (secondary N) is 1. The highest BCUT2D eigenvalue weighted by Crippen LogP contribution is 2.03. The van der Waals surface area contributed by atoms with Crippen LogP contribution in [0.5, 0.6) is 0 Å². The van der Waals surface area contributed by atoms with Crippen molar-refractivity contribution in [1.82, 2.24) is 10.3 Å². The molecule has 16 heavy (non-hydrogen) atoms. The minimum absolute atomic E-state index is 0.307.